The number of esters is 1. The highest BCUT2D eigenvalue weighted by Crippen LogP contribution is 2.22. The van der Waals surface area contributed by atoms with Crippen LogP contribution >= 0.6 is 0 Å². The van der Waals surface area contributed by atoms with Crippen LogP contribution in [0.15, 0.2) is 0 Å². The molecule has 0 heterocycles. The number of ketones is 1. The van der Waals surface area contributed by atoms with Crippen molar-refractivity contribution in [2.75, 3.05) is 7.11 Å². The summed E-state index contributed by atoms with van der Waals surface area (Å²) in [6.07, 6.45) is 0.625. The molecule has 0 unspecified atom stereocenters. The monoisotopic (exact) mass is 172 g/mol. The molecule has 0 aromatic carbocycles. The van der Waals surface area contributed by atoms with Crippen LogP contribution in [0.25, 0.3) is 0 Å². The molecule has 0 N–H and O–H groups in total. The highest BCUT2D eigenvalue weighted by atomic mass is 16.5. The van der Waals surface area contributed by atoms with E-state index in [1.807, 2.05) is 20.8 Å². The molecule has 0 fully saturated rings. The lowest BCUT2D eigenvalue weighted by Gasteiger charge is -2.19. The highest BCUT2D eigenvalue weighted by molar-refractivity contribution is 5.98. The Balaban J connectivity index is 4.13. The third-order valence-corrected chi connectivity index (χ3v) is 2.17. The van der Waals surface area contributed by atoms with Gasteiger partial charge in [0.25, 0.3) is 0 Å². The lowest BCUT2D eigenvalue weighted by Crippen LogP contribution is -2.26. The van der Waals surface area contributed by atoms with E-state index in [9.17, 15) is 9.59 Å². The third-order valence-electron chi connectivity index (χ3n) is 2.17. The van der Waals surface area contributed by atoms with Crippen LogP contribution in [0, 0.1) is 5.41 Å². The molecule has 70 valence electrons. The van der Waals surface area contributed by atoms with Crippen molar-refractivity contribution in [3.8, 4) is 0 Å². The summed E-state index contributed by atoms with van der Waals surface area (Å²) in [5.41, 5.74) is -0.409. The molecule has 0 saturated heterocycles. The second-order valence-electron chi connectivity index (χ2n) is 3.41. The fourth-order valence-corrected chi connectivity index (χ4v) is 0.640. The van der Waals surface area contributed by atoms with E-state index in [2.05, 4.69) is 4.74 Å². The molecule has 0 aromatic rings. The summed E-state index contributed by atoms with van der Waals surface area (Å²) >= 11 is 0. The van der Waals surface area contributed by atoms with E-state index in [1.165, 1.54) is 7.11 Å². The van der Waals surface area contributed by atoms with E-state index in [0.717, 1.165) is 6.42 Å². The summed E-state index contributed by atoms with van der Waals surface area (Å²) in [4.78, 5) is 22.1. The van der Waals surface area contributed by atoms with Gasteiger partial charge in [0.05, 0.1) is 7.11 Å². The number of carbonyl (C=O) groups is 2. The van der Waals surface area contributed by atoms with Crippen LogP contribution in [0.4, 0.5) is 0 Å². The van der Waals surface area contributed by atoms with Gasteiger partial charge in [-0.05, 0) is 6.42 Å². The number of Topliss-reactive ketones (excluding diaryl/α,β-unsaturated/α-hetero) is 1. The van der Waals surface area contributed by atoms with Gasteiger partial charge < -0.3 is 4.74 Å². The first-order chi connectivity index (χ1) is 5.44. The Hall–Kier alpha value is -0.860. The van der Waals surface area contributed by atoms with Gasteiger partial charge in [0.1, 0.15) is 12.2 Å². The van der Waals surface area contributed by atoms with E-state index >= 15 is 0 Å². The number of methoxy groups -OCH3 is 1. The van der Waals surface area contributed by atoms with E-state index in [-0.39, 0.29) is 12.2 Å². The van der Waals surface area contributed by atoms with Crippen molar-refractivity contribution >= 4 is 11.8 Å². The van der Waals surface area contributed by atoms with Gasteiger partial charge in [-0.2, -0.15) is 0 Å². The van der Waals surface area contributed by atoms with Gasteiger partial charge >= 0.3 is 5.97 Å². The molecule has 0 aliphatic carbocycles. The van der Waals surface area contributed by atoms with Crippen LogP contribution in [-0.4, -0.2) is 18.9 Å². The average Bonchev–Trinajstić information content (AvgIpc) is 2.04. The predicted molar refractivity (Wildman–Crippen MR) is 45.7 cm³/mol. The number of carbonyl (C=O) groups excluding carboxylic acids is 2. The second-order valence-corrected chi connectivity index (χ2v) is 3.41. The van der Waals surface area contributed by atoms with Gasteiger partial charge in [-0.25, -0.2) is 0 Å². The molecule has 3 heteroatoms. The van der Waals surface area contributed by atoms with Crippen molar-refractivity contribution < 1.29 is 14.3 Å². The molecular weight excluding hydrogens is 156 g/mol. The lowest BCUT2D eigenvalue weighted by atomic mass is 9.84. The first-order valence-electron chi connectivity index (χ1n) is 4.04. The Morgan fingerprint density at radius 3 is 2.17 bits per heavy atom. The molecule has 3 nitrogen and oxygen atoms in total. The first kappa shape index (κ1) is 11.1. The second kappa shape index (κ2) is 4.24. The van der Waals surface area contributed by atoms with Crippen LogP contribution in [-0.2, 0) is 14.3 Å². The fourth-order valence-electron chi connectivity index (χ4n) is 0.640. The standard InChI is InChI=1S/C9H16O3/c1-5-9(2,3)7(10)6-8(11)12-4/h5-6H2,1-4H3. The zero-order valence-corrected chi connectivity index (χ0v) is 8.14. The molecule has 0 radical (unpaired) electrons. The predicted octanol–water partition coefficient (Wildman–Crippen LogP) is 1.55. The average molecular weight is 172 g/mol. The van der Waals surface area contributed by atoms with E-state index in [1.54, 1.807) is 0 Å². The molecule has 0 aliphatic heterocycles. The molecule has 0 rings (SSSR count). The molecule has 0 atom stereocenters. The van der Waals surface area contributed by atoms with Gasteiger partial charge in [0.15, 0.2) is 0 Å². The van der Waals surface area contributed by atoms with Gasteiger partial charge in [-0.15, -0.1) is 0 Å². The normalized spacial score (nSPS) is 11.0. The van der Waals surface area contributed by atoms with Gasteiger partial charge in [-0.3, -0.25) is 9.59 Å². The summed E-state index contributed by atoms with van der Waals surface area (Å²) in [5, 5.41) is 0. The Morgan fingerprint density at radius 1 is 1.33 bits per heavy atom. The number of ether oxygens (including phenoxy) is 1. The lowest BCUT2D eigenvalue weighted by molar-refractivity contribution is -0.145. The van der Waals surface area contributed by atoms with Crippen LogP contribution in [0.1, 0.15) is 33.6 Å². The maximum atomic E-state index is 11.4. The number of hydrogen-bond acceptors (Lipinski definition) is 3. The van der Waals surface area contributed by atoms with Crippen molar-refractivity contribution in [1.82, 2.24) is 0 Å². The fraction of sp³-hybridized carbons (Fsp3) is 0.778. The van der Waals surface area contributed by atoms with Crippen LogP contribution in [0.2, 0.25) is 0 Å². The third kappa shape index (κ3) is 3.03. The first-order valence-corrected chi connectivity index (χ1v) is 4.04. The van der Waals surface area contributed by atoms with Gasteiger partial charge in [0, 0.05) is 5.41 Å². The van der Waals surface area contributed by atoms with Gasteiger partial charge in [0.2, 0.25) is 0 Å². The quantitative estimate of drug-likeness (QED) is 0.477. The molecule has 0 amide bonds. The summed E-state index contributed by atoms with van der Waals surface area (Å²) in [6.45, 7) is 5.59. The molecule has 0 bridgehead atoms. The molecule has 0 saturated carbocycles. The zero-order valence-electron chi connectivity index (χ0n) is 8.14. The van der Waals surface area contributed by atoms with Crippen LogP contribution < -0.4 is 0 Å². The summed E-state index contributed by atoms with van der Waals surface area (Å²) in [7, 11) is 1.29. The molecular formula is C9H16O3. The minimum Gasteiger partial charge on any atom is -0.469 e. The van der Waals surface area contributed by atoms with Crippen LogP contribution in [0.3, 0.4) is 0 Å². The highest BCUT2D eigenvalue weighted by Gasteiger charge is 2.26. The Labute approximate surface area is 73.1 Å². The van der Waals surface area contributed by atoms with E-state index < -0.39 is 11.4 Å². The summed E-state index contributed by atoms with van der Waals surface area (Å²) < 4.78 is 4.40. The molecule has 0 aromatic heterocycles. The Kier molecular flexibility index (Phi) is 3.93. The zero-order chi connectivity index (χ0) is 9.78. The molecule has 0 aliphatic rings. The van der Waals surface area contributed by atoms with Crippen molar-refractivity contribution in [2.24, 2.45) is 5.41 Å². The molecule has 12 heavy (non-hydrogen) atoms. The number of hydrogen-bond donors (Lipinski definition) is 0. The maximum absolute atomic E-state index is 11.4. The van der Waals surface area contributed by atoms with Crippen molar-refractivity contribution in [1.29, 1.82) is 0 Å². The SMILES string of the molecule is CCC(C)(C)C(=O)CC(=O)OC. The minimum atomic E-state index is -0.457. The van der Waals surface area contributed by atoms with Crippen molar-refractivity contribution in [3.05, 3.63) is 0 Å². The van der Waals surface area contributed by atoms with Gasteiger partial charge in [-0.1, -0.05) is 20.8 Å². The Bertz CT molecular complexity index is 182. The van der Waals surface area contributed by atoms with Crippen molar-refractivity contribution in [3.63, 3.8) is 0 Å². The minimum absolute atomic E-state index is 0.0585. The number of rotatable bonds is 4. The largest absolute Gasteiger partial charge is 0.469 e. The van der Waals surface area contributed by atoms with Crippen LogP contribution in [0.5, 0.6) is 0 Å². The van der Waals surface area contributed by atoms with E-state index in [4.69, 9.17) is 0 Å². The topological polar surface area (TPSA) is 43.4 Å². The maximum Gasteiger partial charge on any atom is 0.313 e. The summed E-state index contributed by atoms with van der Waals surface area (Å²) in [5.74, 6) is -0.515. The Morgan fingerprint density at radius 2 is 1.83 bits per heavy atom. The smallest absolute Gasteiger partial charge is 0.313 e. The van der Waals surface area contributed by atoms with E-state index in [0.29, 0.717) is 0 Å². The molecule has 0 spiro atoms. The summed E-state index contributed by atoms with van der Waals surface area (Å²) in [6, 6.07) is 0. The van der Waals surface area contributed by atoms with Crippen molar-refractivity contribution in [2.45, 2.75) is 33.6 Å².